The Morgan fingerprint density at radius 1 is 0.509 bits per heavy atom. The van der Waals surface area contributed by atoms with E-state index < -0.39 is 249 Å². The number of thioether (sulfide) groups is 1. The molecule has 2 heterocycles. The van der Waals surface area contributed by atoms with E-state index in [0.29, 0.717) is 17.5 Å². The molecule has 0 radical (unpaired) electrons. The molecule has 626 valence electrons. The lowest BCUT2D eigenvalue weighted by Gasteiger charge is -2.31. The van der Waals surface area contributed by atoms with Crippen LogP contribution in [0.4, 0.5) is 0 Å². The number of aromatic hydroxyl groups is 1. The maximum atomic E-state index is 14.6. The minimum Gasteiger partial charge on any atom is -0.508 e. The molecule has 0 unspecified atom stereocenters. The summed E-state index contributed by atoms with van der Waals surface area (Å²) in [6.07, 6.45) is -1.80. The minimum atomic E-state index is -1.91. The Kier molecular flexibility index (Phi) is 39.8. The number of benzene rings is 2. The van der Waals surface area contributed by atoms with Gasteiger partial charge in [-0.3, -0.25) is 86.3 Å². The lowest BCUT2D eigenvalue weighted by Crippen LogP contribution is -2.61. The van der Waals surface area contributed by atoms with E-state index in [4.69, 9.17) is 5.73 Å². The van der Waals surface area contributed by atoms with Gasteiger partial charge in [-0.25, -0.2) is 4.98 Å². The van der Waals surface area contributed by atoms with Crippen LogP contribution in [0.2, 0.25) is 0 Å². The van der Waals surface area contributed by atoms with Crippen molar-refractivity contribution in [3.05, 3.63) is 83.9 Å². The van der Waals surface area contributed by atoms with Gasteiger partial charge in [-0.15, -0.1) is 0 Å². The smallest absolute Gasteiger partial charge is 0.325 e. The van der Waals surface area contributed by atoms with Crippen molar-refractivity contribution in [1.29, 1.82) is 0 Å². The van der Waals surface area contributed by atoms with Crippen LogP contribution < -0.4 is 69.5 Å². The number of imidazole rings is 1. The summed E-state index contributed by atoms with van der Waals surface area (Å²) in [5.74, 6) is -22.2. The molecule has 1 fully saturated rings. The van der Waals surface area contributed by atoms with E-state index in [1.807, 2.05) is 0 Å². The number of rotatable bonds is 50. The van der Waals surface area contributed by atoms with Crippen LogP contribution in [0, 0.1) is 5.92 Å². The highest BCUT2D eigenvalue weighted by Gasteiger charge is 2.42. The van der Waals surface area contributed by atoms with Gasteiger partial charge in [-0.2, -0.15) is 24.4 Å². The first-order valence-electron chi connectivity index (χ1n) is 36.1. The number of carbonyl (C=O) groups is 18. The van der Waals surface area contributed by atoms with Gasteiger partial charge in [-0.05, 0) is 106 Å². The topological polar surface area (TPSA) is 651 Å². The predicted molar refractivity (Wildman–Crippen MR) is 405 cm³/mol. The number of nitrogens with two attached hydrogens (primary N) is 1. The molecule has 1 saturated heterocycles. The van der Waals surface area contributed by atoms with E-state index >= 15 is 0 Å². The highest BCUT2D eigenvalue weighted by Crippen LogP contribution is 2.22. The summed E-state index contributed by atoms with van der Waals surface area (Å²) in [5, 5.41) is 96.6. The highest BCUT2D eigenvalue weighted by atomic mass is 32.2. The maximum absolute atomic E-state index is 14.6. The van der Waals surface area contributed by atoms with E-state index in [-0.39, 0.29) is 68.2 Å². The molecule has 2 aromatic carbocycles. The van der Waals surface area contributed by atoms with Gasteiger partial charge in [-0.1, -0.05) is 56.3 Å². The number of aromatic amines is 1. The molecule has 14 atom stereocenters. The molecule has 0 saturated carbocycles. The second-order valence-corrected chi connectivity index (χ2v) is 28.6. The Morgan fingerprint density at radius 2 is 0.947 bits per heavy atom. The molecule has 13 amide bonds. The van der Waals surface area contributed by atoms with Crippen molar-refractivity contribution < 1.29 is 122 Å². The number of carboxylic acids is 5. The first-order valence-corrected chi connectivity index (χ1v) is 38.2. The Balaban J connectivity index is 1.48. The number of thiol groups is 1. The van der Waals surface area contributed by atoms with Crippen LogP contribution in [-0.4, -0.2) is 273 Å². The third-order valence-corrected chi connectivity index (χ3v) is 18.6. The summed E-state index contributed by atoms with van der Waals surface area (Å²) in [6.45, 7) is 4.72. The Labute approximate surface area is 663 Å². The summed E-state index contributed by atoms with van der Waals surface area (Å²) in [4.78, 5) is 249. The number of aromatic nitrogens is 2. The first kappa shape index (κ1) is 94.9. The van der Waals surface area contributed by atoms with Gasteiger partial charge < -0.3 is 115 Å². The summed E-state index contributed by atoms with van der Waals surface area (Å²) < 4.78 is 0. The Bertz CT molecular complexity index is 3860. The molecule has 1 aliphatic heterocycles. The van der Waals surface area contributed by atoms with Gasteiger partial charge in [0, 0.05) is 56.3 Å². The first-order chi connectivity index (χ1) is 53.8. The standard InChI is InChI=1S/C71H100N16O25S2/c1-35(2)26-50(70(110)87-24-9-12-53(87)69(109)83-47(64(104)76-37(4)71(111)112)28-39-13-15-41(89)16-14-39)84-65(105)48(29-40-31-73-34-74-40)82-67(107)51(32-88)85-58(98)36(3)75-68(108)52(33-113)86-62(102)45(19-22-56(94)95)77-60(100)43(17-20-54(90)91)78-63(103)46(23-25-114-5)80-61(101)44(18-21-55(92)93)79-66(106)49(30-57(96)97)81-59(99)42(72)27-38-10-7-6-8-11-38/h6-8,10-11,13-16,31,34-37,42-53,88-89,113H,9,12,17-30,32-33,72H2,1-5H3,(H,73,74)(H,75,108)(H,76,104)(H,77,100)(H,78,103)(H,79,106)(H,80,101)(H,81,99)(H,82,107)(H,83,109)(H,84,105)(H,85,98)(H,86,102)(H,90,91)(H,92,93)(H,94,95)(H,96,97)(H,111,112)/t36-,37-,42-,43-,44-,45-,46-,47-,48-,49-,50-,51-,52-,53-/m0/s1. The van der Waals surface area contributed by atoms with Gasteiger partial charge in [0.05, 0.1) is 25.4 Å². The quantitative estimate of drug-likeness (QED) is 0.0236. The zero-order valence-electron chi connectivity index (χ0n) is 63.0. The number of H-pyrrole nitrogens is 1. The van der Waals surface area contributed by atoms with Crippen LogP contribution in [-0.2, 0) is 106 Å². The second-order valence-electron chi connectivity index (χ2n) is 27.2. The molecule has 114 heavy (non-hydrogen) atoms. The SMILES string of the molecule is CSCC[C@H](NC(=O)[C@H](CCC(=O)O)NC(=O)[C@H](CC(=O)O)NC(=O)[C@@H](N)Cc1ccccc1)C(=O)N[C@@H](CCC(=O)O)C(=O)N[C@@H](CCC(=O)O)C(=O)N[C@@H](CS)C(=O)N[C@@H](C)C(=O)N[C@@H](CO)C(=O)N[C@@H](Cc1cnc[nH]1)C(=O)N[C@@H](CC(C)C)C(=O)N1CCC[C@H]1C(=O)N[C@@H](Cc1ccc(O)cc1)C(=O)N[C@@H](C)C(=O)O. The summed E-state index contributed by atoms with van der Waals surface area (Å²) in [6, 6.07) is -8.51. The molecule has 22 N–H and O–H groups in total. The van der Waals surface area contributed by atoms with Crippen molar-refractivity contribution in [2.24, 2.45) is 11.7 Å². The number of phenols is 1. The van der Waals surface area contributed by atoms with Crippen LogP contribution in [0.25, 0.3) is 0 Å². The number of aliphatic hydroxyl groups excluding tert-OH is 1. The molecule has 0 aliphatic carbocycles. The van der Waals surface area contributed by atoms with E-state index in [2.05, 4.69) is 86.4 Å². The lowest BCUT2D eigenvalue weighted by atomic mass is 10.0. The third kappa shape index (κ3) is 32.7. The summed E-state index contributed by atoms with van der Waals surface area (Å²) in [5.41, 5.74) is 7.43. The number of aliphatic hydroxyl groups is 1. The van der Waals surface area contributed by atoms with E-state index in [1.54, 1.807) is 50.4 Å². The molecule has 3 aromatic rings. The average Bonchev–Trinajstić information content (AvgIpc) is 1.62. The number of phenolic OH excluding ortho intramolecular Hbond substituents is 1. The van der Waals surface area contributed by atoms with E-state index in [0.717, 1.165) is 18.7 Å². The summed E-state index contributed by atoms with van der Waals surface area (Å²) in [7, 11) is 0. The van der Waals surface area contributed by atoms with Gasteiger partial charge in [0.25, 0.3) is 0 Å². The number of carbonyl (C=O) groups excluding carboxylic acids is 13. The normalized spacial score (nSPS) is 15.8. The van der Waals surface area contributed by atoms with Gasteiger partial charge in [0.1, 0.15) is 84.3 Å². The number of nitrogens with one attached hydrogen (secondary N) is 13. The van der Waals surface area contributed by atoms with Crippen molar-refractivity contribution in [2.45, 2.75) is 202 Å². The van der Waals surface area contributed by atoms with Crippen LogP contribution in [0.15, 0.2) is 67.1 Å². The van der Waals surface area contributed by atoms with Crippen molar-refractivity contribution in [3.63, 3.8) is 0 Å². The molecular formula is C71H100N16O25S2. The Morgan fingerprint density at radius 3 is 1.43 bits per heavy atom. The predicted octanol–water partition coefficient (Wildman–Crippen LogP) is -4.81. The maximum Gasteiger partial charge on any atom is 0.325 e. The molecule has 0 spiro atoms. The van der Waals surface area contributed by atoms with E-state index in [1.165, 1.54) is 48.6 Å². The lowest BCUT2D eigenvalue weighted by molar-refractivity contribution is -0.143. The average molecular weight is 1640 g/mol. The number of amides is 13. The third-order valence-electron chi connectivity index (χ3n) is 17.6. The second kappa shape index (κ2) is 47.8. The van der Waals surface area contributed by atoms with Crippen molar-refractivity contribution in [2.75, 3.05) is 30.9 Å². The molecular weight excluding hydrogens is 1540 g/mol. The minimum absolute atomic E-state index is 0.0140. The molecule has 1 aromatic heterocycles. The number of hydrogen-bond acceptors (Lipinski definition) is 24. The Hall–Kier alpha value is -11.5. The number of aliphatic carboxylic acids is 5. The number of carboxylic acid groups (broad SMARTS) is 5. The zero-order chi connectivity index (χ0) is 85.1. The zero-order valence-corrected chi connectivity index (χ0v) is 64.8. The van der Waals surface area contributed by atoms with Gasteiger partial charge in [0.15, 0.2) is 0 Å². The highest BCUT2D eigenvalue weighted by molar-refractivity contribution is 7.98. The molecule has 4 rings (SSSR count). The fourth-order valence-corrected chi connectivity index (χ4v) is 12.2. The molecule has 41 nitrogen and oxygen atoms in total. The van der Waals surface area contributed by atoms with Crippen LogP contribution in [0.1, 0.15) is 115 Å². The molecule has 0 bridgehead atoms. The number of likely N-dealkylation sites (tertiary alicyclic amines) is 1. The van der Waals surface area contributed by atoms with Crippen molar-refractivity contribution in [3.8, 4) is 5.75 Å². The van der Waals surface area contributed by atoms with E-state index in [9.17, 15) is 122 Å². The van der Waals surface area contributed by atoms with Crippen LogP contribution in [0.5, 0.6) is 5.75 Å². The monoisotopic (exact) mass is 1640 g/mol. The number of hydrogen-bond donors (Lipinski definition) is 22. The van der Waals surface area contributed by atoms with Crippen molar-refractivity contribution >= 4 is 131 Å². The fourth-order valence-electron chi connectivity index (χ4n) is 11.5. The van der Waals surface area contributed by atoms with Crippen LogP contribution in [0.3, 0.4) is 0 Å². The molecule has 43 heteroatoms. The van der Waals surface area contributed by atoms with Gasteiger partial charge >= 0.3 is 29.8 Å². The fraction of sp³-hybridized carbons (Fsp3) is 0.535. The number of nitrogens with zero attached hydrogens (tertiary/aromatic N) is 2. The largest absolute Gasteiger partial charge is 0.508 e. The molecule has 1 aliphatic rings. The van der Waals surface area contributed by atoms with Crippen LogP contribution >= 0.6 is 24.4 Å². The van der Waals surface area contributed by atoms with Gasteiger partial charge in [0.2, 0.25) is 76.8 Å². The van der Waals surface area contributed by atoms with Crippen molar-refractivity contribution in [1.82, 2.24) is 78.7 Å². The summed E-state index contributed by atoms with van der Waals surface area (Å²) >= 11 is 5.30.